The molecule has 1 aliphatic heterocycles. The number of morpholine rings is 1. The zero-order chi connectivity index (χ0) is 17.3. The minimum absolute atomic E-state index is 0.164. The molecule has 7 nitrogen and oxygen atoms in total. The molecule has 1 aliphatic rings. The van der Waals surface area contributed by atoms with Crippen molar-refractivity contribution in [3.63, 3.8) is 0 Å². The number of hydrogen-bond acceptors (Lipinski definition) is 4. The highest BCUT2D eigenvalue weighted by Crippen LogP contribution is 2.19. The van der Waals surface area contributed by atoms with Crippen molar-refractivity contribution in [1.29, 1.82) is 0 Å². The molecule has 0 saturated carbocycles. The van der Waals surface area contributed by atoms with Crippen molar-refractivity contribution in [2.45, 2.75) is 13.0 Å². The summed E-state index contributed by atoms with van der Waals surface area (Å²) in [6.45, 7) is 2.72. The fraction of sp³-hybridized carbons (Fsp3) is 0.312. The molecule has 8 heteroatoms. The molecule has 3 rings (SSSR count). The van der Waals surface area contributed by atoms with Gasteiger partial charge in [0.2, 0.25) is 5.91 Å². The Morgan fingerprint density at radius 2 is 2.04 bits per heavy atom. The number of ether oxygens (including phenoxy) is 1. The first kappa shape index (κ1) is 16.7. The number of carbonyl (C=O) groups is 2. The van der Waals surface area contributed by atoms with Crippen LogP contribution in [0.15, 0.2) is 34.9 Å². The van der Waals surface area contributed by atoms with E-state index in [0.29, 0.717) is 18.7 Å². The molecule has 1 aromatic carbocycles. The summed E-state index contributed by atoms with van der Waals surface area (Å²) in [6, 6.07) is 7.65. The summed E-state index contributed by atoms with van der Waals surface area (Å²) >= 11 is 3.39. The van der Waals surface area contributed by atoms with Crippen molar-refractivity contribution >= 4 is 27.7 Å². The third kappa shape index (κ3) is 3.20. The maximum atomic E-state index is 12.7. The lowest BCUT2D eigenvalue weighted by atomic mass is 10.2. The highest BCUT2D eigenvalue weighted by atomic mass is 79.9. The maximum Gasteiger partial charge on any atom is 0.257 e. The second-order valence-corrected chi connectivity index (χ2v) is 6.46. The smallest absolute Gasteiger partial charge is 0.257 e. The molecule has 24 heavy (non-hydrogen) atoms. The number of nitrogens with zero attached hydrogens (tertiary/aromatic N) is 3. The topological polar surface area (TPSA) is 90.4 Å². The lowest BCUT2D eigenvalue weighted by molar-refractivity contribution is -0.133. The van der Waals surface area contributed by atoms with Gasteiger partial charge in [0.05, 0.1) is 36.3 Å². The van der Waals surface area contributed by atoms with E-state index in [0.717, 1.165) is 15.9 Å². The van der Waals surface area contributed by atoms with Crippen molar-refractivity contribution in [1.82, 2.24) is 14.7 Å². The van der Waals surface area contributed by atoms with Gasteiger partial charge < -0.3 is 15.4 Å². The van der Waals surface area contributed by atoms with Crippen molar-refractivity contribution in [2.75, 3.05) is 19.7 Å². The zero-order valence-electron chi connectivity index (χ0n) is 13.1. The van der Waals surface area contributed by atoms with Gasteiger partial charge >= 0.3 is 0 Å². The largest absolute Gasteiger partial charge is 0.367 e. The van der Waals surface area contributed by atoms with Crippen molar-refractivity contribution < 1.29 is 14.3 Å². The van der Waals surface area contributed by atoms with Crippen LogP contribution in [0.25, 0.3) is 5.69 Å². The Kier molecular flexibility index (Phi) is 4.68. The van der Waals surface area contributed by atoms with Crippen molar-refractivity contribution in [3.05, 3.63) is 46.2 Å². The molecule has 126 valence electrons. The average molecular weight is 393 g/mol. The van der Waals surface area contributed by atoms with E-state index >= 15 is 0 Å². The number of hydrogen-bond donors (Lipinski definition) is 1. The Morgan fingerprint density at radius 3 is 2.71 bits per heavy atom. The van der Waals surface area contributed by atoms with Crippen LogP contribution in [0.1, 0.15) is 16.1 Å². The molecule has 1 saturated heterocycles. The molecular formula is C16H17BrN4O3. The SMILES string of the molecule is Cc1c(C(=O)N2CCOC(C(N)=O)C2)cnn1-c1ccc(Br)cc1. The van der Waals surface area contributed by atoms with Crippen LogP contribution in [0.3, 0.4) is 0 Å². The molecule has 1 atom stereocenters. The normalized spacial score (nSPS) is 17.8. The summed E-state index contributed by atoms with van der Waals surface area (Å²) in [5.41, 5.74) is 7.38. The molecule has 1 fully saturated rings. The van der Waals surface area contributed by atoms with Crippen molar-refractivity contribution in [3.8, 4) is 5.69 Å². The van der Waals surface area contributed by atoms with Crippen LogP contribution < -0.4 is 5.73 Å². The number of nitrogens with two attached hydrogens (primary N) is 1. The number of aromatic nitrogens is 2. The fourth-order valence-corrected chi connectivity index (χ4v) is 2.90. The van der Waals surface area contributed by atoms with E-state index in [9.17, 15) is 9.59 Å². The first-order valence-electron chi connectivity index (χ1n) is 7.48. The van der Waals surface area contributed by atoms with Gasteiger partial charge in [0, 0.05) is 11.0 Å². The predicted molar refractivity (Wildman–Crippen MR) is 90.8 cm³/mol. The summed E-state index contributed by atoms with van der Waals surface area (Å²) < 4.78 is 7.96. The third-order valence-electron chi connectivity index (χ3n) is 3.98. The molecule has 0 aliphatic carbocycles. The third-order valence-corrected chi connectivity index (χ3v) is 4.51. The van der Waals surface area contributed by atoms with E-state index < -0.39 is 12.0 Å². The molecule has 2 heterocycles. The molecular weight excluding hydrogens is 376 g/mol. The van der Waals surface area contributed by atoms with Crippen LogP contribution in [-0.4, -0.2) is 52.3 Å². The number of carbonyl (C=O) groups excluding carboxylic acids is 2. The van der Waals surface area contributed by atoms with Crippen LogP contribution in [0.4, 0.5) is 0 Å². The predicted octanol–water partition coefficient (Wildman–Crippen LogP) is 1.27. The maximum absolute atomic E-state index is 12.7. The highest BCUT2D eigenvalue weighted by molar-refractivity contribution is 9.10. The lowest BCUT2D eigenvalue weighted by Gasteiger charge is -2.31. The van der Waals surface area contributed by atoms with Crippen LogP contribution in [0.5, 0.6) is 0 Å². The lowest BCUT2D eigenvalue weighted by Crippen LogP contribution is -2.50. The minimum Gasteiger partial charge on any atom is -0.367 e. The van der Waals surface area contributed by atoms with E-state index in [1.54, 1.807) is 15.8 Å². The average Bonchev–Trinajstić information content (AvgIpc) is 2.96. The number of rotatable bonds is 3. The van der Waals surface area contributed by atoms with E-state index in [1.165, 1.54) is 0 Å². The van der Waals surface area contributed by atoms with Gasteiger partial charge in [-0.1, -0.05) is 15.9 Å². The summed E-state index contributed by atoms with van der Waals surface area (Å²) in [5.74, 6) is -0.736. The Balaban J connectivity index is 1.83. The van der Waals surface area contributed by atoms with E-state index in [2.05, 4.69) is 21.0 Å². The van der Waals surface area contributed by atoms with Gasteiger partial charge in [-0.2, -0.15) is 5.10 Å². The van der Waals surface area contributed by atoms with Gasteiger partial charge in [-0.15, -0.1) is 0 Å². The number of amides is 2. The van der Waals surface area contributed by atoms with Crippen LogP contribution in [-0.2, 0) is 9.53 Å². The van der Waals surface area contributed by atoms with Crippen LogP contribution in [0.2, 0.25) is 0 Å². The monoisotopic (exact) mass is 392 g/mol. The summed E-state index contributed by atoms with van der Waals surface area (Å²) in [4.78, 5) is 25.6. The Morgan fingerprint density at radius 1 is 1.33 bits per heavy atom. The van der Waals surface area contributed by atoms with Gasteiger partial charge in [-0.25, -0.2) is 4.68 Å². The van der Waals surface area contributed by atoms with Gasteiger partial charge in [0.1, 0.15) is 0 Å². The second-order valence-electron chi connectivity index (χ2n) is 5.54. The molecule has 0 spiro atoms. The fourth-order valence-electron chi connectivity index (χ4n) is 2.64. The van der Waals surface area contributed by atoms with Gasteiger partial charge in [-0.3, -0.25) is 9.59 Å². The summed E-state index contributed by atoms with van der Waals surface area (Å²) in [6.07, 6.45) is 0.790. The first-order valence-corrected chi connectivity index (χ1v) is 8.27. The molecule has 2 N–H and O–H groups in total. The van der Waals surface area contributed by atoms with Gasteiger partial charge in [0.25, 0.3) is 5.91 Å². The Labute approximate surface area is 147 Å². The Bertz CT molecular complexity index is 772. The molecule has 0 bridgehead atoms. The van der Waals surface area contributed by atoms with E-state index in [4.69, 9.17) is 10.5 Å². The zero-order valence-corrected chi connectivity index (χ0v) is 14.7. The van der Waals surface area contributed by atoms with Gasteiger partial charge in [-0.05, 0) is 31.2 Å². The second kappa shape index (κ2) is 6.74. The molecule has 2 aromatic rings. The minimum atomic E-state index is -0.760. The standard InChI is InChI=1S/C16H17BrN4O3/c1-10-13(8-19-21(10)12-4-2-11(17)3-5-12)16(23)20-6-7-24-14(9-20)15(18)22/h2-5,8,14H,6-7,9H2,1H3,(H2,18,22). The number of primary amides is 1. The van der Waals surface area contributed by atoms with Crippen molar-refractivity contribution in [2.24, 2.45) is 5.73 Å². The summed E-state index contributed by atoms with van der Waals surface area (Å²) in [5, 5.41) is 4.32. The highest BCUT2D eigenvalue weighted by Gasteiger charge is 2.29. The summed E-state index contributed by atoms with van der Waals surface area (Å²) in [7, 11) is 0. The molecule has 0 radical (unpaired) electrons. The quantitative estimate of drug-likeness (QED) is 0.851. The van der Waals surface area contributed by atoms with Crippen LogP contribution >= 0.6 is 15.9 Å². The number of benzene rings is 1. The van der Waals surface area contributed by atoms with Gasteiger partial charge in [0.15, 0.2) is 6.10 Å². The van der Waals surface area contributed by atoms with E-state index in [1.807, 2.05) is 31.2 Å². The number of halogens is 1. The van der Waals surface area contributed by atoms with Crippen LogP contribution in [0, 0.1) is 6.92 Å². The Hall–Kier alpha value is -2.19. The molecule has 1 unspecified atom stereocenters. The first-order chi connectivity index (χ1) is 11.5. The van der Waals surface area contributed by atoms with E-state index in [-0.39, 0.29) is 12.5 Å². The molecule has 2 amide bonds. The molecule has 1 aromatic heterocycles.